The molecule has 1 atom stereocenters. The second-order valence-electron chi connectivity index (χ2n) is 4.51. The molecule has 0 amide bonds. The topological polar surface area (TPSA) is 79.5 Å². The van der Waals surface area contributed by atoms with Gasteiger partial charge in [-0.3, -0.25) is 4.79 Å². The van der Waals surface area contributed by atoms with Crippen molar-refractivity contribution in [2.75, 3.05) is 13.6 Å². The van der Waals surface area contributed by atoms with Crippen molar-refractivity contribution in [3.05, 3.63) is 11.7 Å². The van der Waals surface area contributed by atoms with Crippen molar-refractivity contribution in [3.8, 4) is 0 Å². The Labute approximate surface area is 99.6 Å². The van der Waals surface area contributed by atoms with E-state index in [1.54, 1.807) is 0 Å². The fourth-order valence-corrected chi connectivity index (χ4v) is 2.18. The summed E-state index contributed by atoms with van der Waals surface area (Å²) in [5, 5.41) is 12.3. The summed E-state index contributed by atoms with van der Waals surface area (Å²) in [4.78, 5) is 16.9. The molecule has 17 heavy (non-hydrogen) atoms. The molecule has 0 saturated carbocycles. The van der Waals surface area contributed by atoms with E-state index in [-0.39, 0.29) is 12.2 Å². The maximum absolute atomic E-state index is 10.5. The number of carboxylic acids is 1. The highest BCUT2D eigenvalue weighted by atomic mass is 16.5. The van der Waals surface area contributed by atoms with Crippen molar-refractivity contribution < 1.29 is 14.4 Å². The number of rotatable bonds is 4. The maximum Gasteiger partial charge on any atom is 0.311 e. The predicted octanol–water partition coefficient (Wildman–Crippen LogP) is 0.723. The number of nitrogens with zero attached hydrogens (tertiary/aromatic N) is 3. The molecule has 0 spiro atoms. The summed E-state index contributed by atoms with van der Waals surface area (Å²) in [5.74, 6) is -0.141. The number of piperidine rings is 1. The normalized spacial score (nSPS) is 21.6. The summed E-state index contributed by atoms with van der Waals surface area (Å²) in [5.41, 5.74) is 0. The van der Waals surface area contributed by atoms with Gasteiger partial charge < -0.3 is 14.5 Å². The minimum absolute atomic E-state index is 0.177. The molecular weight excluding hydrogens is 222 g/mol. The van der Waals surface area contributed by atoms with E-state index in [9.17, 15) is 4.79 Å². The van der Waals surface area contributed by atoms with Crippen LogP contribution in [0.4, 0.5) is 0 Å². The van der Waals surface area contributed by atoms with Gasteiger partial charge in [-0.15, -0.1) is 0 Å². The van der Waals surface area contributed by atoms with Crippen LogP contribution in [0.3, 0.4) is 0 Å². The zero-order valence-electron chi connectivity index (χ0n) is 9.93. The number of hydrogen-bond acceptors (Lipinski definition) is 5. The van der Waals surface area contributed by atoms with Crippen molar-refractivity contribution >= 4 is 5.97 Å². The Bertz CT molecular complexity index is 391. The molecule has 94 valence electrons. The standard InChI is InChI=1S/C11H17N3O3/c1-14-5-3-2-4-8(14)6-10-12-9(13-17-10)7-11(15)16/h8H,2-7H2,1H3,(H,15,16). The number of aromatic nitrogens is 2. The van der Waals surface area contributed by atoms with Crippen molar-refractivity contribution in [1.29, 1.82) is 0 Å². The van der Waals surface area contributed by atoms with Crippen LogP contribution in [-0.2, 0) is 17.6 Å². The van der Waals surface area contributed by atoms with Gasteiger partial charge in [-0.1, -0.05) is 11.6 Å². The fourth-order valence-electron chi connectivity index (χ4n) is 2.18. The summed E-state index contributed by atoms with van der Waals surface area (Å²) >= 11 is 0. The van der Waals surface area contributed by atoms with Gasteiger partial charge in [0.1, 0.15) is 6.42 Å². The van der Waals surface area contributed by atoms with Crippen LogP contribution in [0.25, 0.3) is 0 Å². The molecule has 1 aromatic heterocycles. The van der Waals surface area contributed by atoms with Crippen LogP contribution in [-0.4, -0.2) is 45.8 Å². The van der Waals surface area contributed by atoms with Crippen LogP contribution in [0, 0.1) is 0 Å². The number of carboxylic acid groups (broad SMARTS) is 1. The molecule has 1 fully saturated rings. The molecule has 1 unspecified atom stereocenters. The molecule has 6 heteroatoms. The average Bonchev–Trinajstić information content (AvgIpc) is 2.68. The second kappa shape index (κ2) is 5.27. The number of likely N-dealkylation sites (tertiary alicyclic amines) is 1. The van der Waals surface area contributed by atoms with Crippen molar-refractivity contribution in [2.24, 2.45) is 0 Å². The first-order chi connectivity index (χ1) is 8.15. The first-order valence-electron chi connectivity index (χ1n) is 5.88. The lowest BCUT2D eigenvalue weighted by Gasteiger charge is -2.31. The van der Waals surface area contributed by atoms with E-state index < -0.39 is 5.97 Å². The largest absolute Gasteiger partial charge is 0.481 e. The van der Waals surface area contributed by atoms with Crippen LogP contribution < -0.4 is 0 Å². The van der Waals surface area contributed by atoms with Crippen LogP contribution in [0.5, 0.6) is 0 Å². The molecule has 1 aliphatic heterocycles. The lowest BCUT2D eigenvalue weighted by atomic mass is 10.0. The number of hydrogen-bond donors (Lipinski definition) is 1. The van der Waals surface area contributed by atoms with Gasteiger partial charge >= 0.3 is 5.97 Å². The highest BCUT2D eigenvalue weighted by molar-refractivity contribution is 5.68. The van der Waals surface area contributed by atoms with Crippen molar-refractivity contribution in [2.45, 2.75) is 38.1 Å². The monoisotopic (exact) mass is 239 g/mol. The van der Waals surface area contributed by atoms with E-state index in [0.29, 0.717) is 18.4 Å². The third kappa shape index (κ3) is 3.26. The van der Waals surface area contributed by atoms with E-state index >= 15 is 0 Å². The van der Waals surface area contributed by atoms with Gasteiger partial charge in [-0.05, 0) is 26.4 Å². The third-order valence-electron chi connectivity index (χ3n) is 3.15. The van der Waals surface area contributed by atoms with Gasteiger partial charge in [-0.2, -0.15) is 4.98 Å². The minimum Gasteiger partial charge on any atom is -0.481 e. The average molecular weight is 239 g/mol. The third-order valence-corrected chi connectivity index (χ3v) is 3.15. The maximum atomic E-state index is 10.5. The van der Waals surface area contributed by atoms with Crippen molar-refractivity contribution in [3.63, 3.8) is 0 Å². The zero-order chi connectivity index (χ0) is 12.3. The summed E-state index contributed by atoms with van der Waals surface area (Å²) in [6, 6.07) is 0.432. The van der Waals surface area contributed by atoms with Crippen LogP contribution in [0.1, 0.15) is 31.0 Å². The minimum atomic E-state index is -0.938. The van der Waals surface area contributed by atoms with Gasteiger partial charge in [-0.25, -0.2) is 0 Å². The number of aliphatic carboxylic acids is 1. The summed E-state index contributed by atoms with van der Waals surface area (Å²) in [6.45, 7) is 1.10. The first kappa shape index (κ1) is 12.0. The SMILES string of the molecule is CN1CCCCC1Cc1nc(CC(=O)O)no1. The molecule has 1 aliphatic rings. The van der Waals surface area contributed by atoms with Crippen LogP contribution in [0.2, 0.25) is 0 Å². The molecular formula is C11H17N3O3. The van der Waals surface area contributed by atoms with Crippen molar-refractivity contribution in [1.82, 2.24) is 15.0 Å². The Morgan fingerprint density at radius 3 is 3.12 bits per heavy atom. The van der Waals surface area contributed by atoms with E-state index in [0.717, 1.165) is 13.0 Å². The summed E-state index contributed by atoms with van der Waals surface area (Å²) in [7, 11) is 2.10. The van der Waals surface area contributed by atoms with E-state index in [2.05, 4.69) is 22.1 Å². The Morgan fingerprint density at radius 2 is 2.41 bits per heavy atom. The van der Waals surface area contributed by atoms with Gasteiger partial charge in [0.25, 0.3) is 0 Å². The zero-order valence-corrected chi connectivity index (χ0v) is 9.93. The molecule has 6 nitrogen and oxygen atoms in total. The van der Waals surface area contributed by atoms with Gasteiger partial charge in [0.05, 0.1) is 0 Å². The Morgan fingerprint density at radius 1 is 1.59 bits per heavy atom. The highest BCUT2D eigenvalue weighted by Crippen LogP contribution is 2.18. The quantitative estimate of drug-likeness (QED) is 0.834. The molecule has 0 aromatic carbocycles. The lowest BCUT2D eigenvalue weighted by molar-refractivity contribution is -0.136. The number of carbonyl (C=O) groups is 1. The lowest BCUT2D eigenvalue weighted by Crippen LogP contribution is -2.37. The van der Waals surface area contributed by atoms with Gasteiger partial charge in [0.2, 0.25) is 5.89 Å². The molecule has 1 aromatic rings. The van der Waals surface area contributed by atoms with Gasteiger partial charge in [0.15, 0.2) is 5.82 Å². The van der Waals surface area contributed by atoms with E-state index in [4.69, 9.17) is 9.63 Å². The Kier molecular flexibility index (Phi) is 3.73. The molecule has 2 heterocycles. The molecule has 1 N–H and O–H groups in total. The van der Waals surface area contributed by atoms with Crippen LogP contribution in [0.15, 0.2) is 4.52 Å². The summed E-state index contributed by atoms with van der Waals surface area (Å²) in [6.07, 6.45) is 4.13. The molecule has 0 radical (unpaired) electrons. The highest BCUT2D eigenvalue weighted by Gasteiger charge is 2.22. The van der Waals surface area contributed by atoms with E-state index in [1.807, 2.05) is 0 Å². The van der Waals surface area contributed by atoms with Gasteiger partial charge in [0, 0.05) is 12.5 Å². The molecule has 1 saturated heterocycles. The second-order valence-corrected chi connectivity index (χ2v) is 4.51. The summed E-state index contributed by atoms with van der Waals surface area (Å²) < 4.78 is 5.07. The van der Waals surface area contributed by atoms with E-state index in [1.165, 1.54) is 12.8 Å². The number of likely N-dealkylation sites (N-methyl/N-ethyl adjacent to an activating group) is 1. The smallest absolute Gasteiger partial charge is 0.311 e. The molecule has 2 rings (SSSR count). The first-order valence-corrected chi connectivity index (χ1v) is 5.88. The molecule has 0 bridgehead atoms. The Hall–Kier alpha value is -1.43. The van der Waals surface area contributed by atoms with Crippen LogP contribution >= 0.6 is 0 Å². The Balaban J connectivity index is 1.93. The molecule has 0 aliphatic carbocycles. The predicted molar refractivity (Wildman–Crippen MR) is 59.6 cm³/mol. The fraction of sp³-hybridized carbons (Fsp3) is 0.727.